The van der Waals surface area contributed by atoms with Gasteiger partial charge in [-0.3, -0.25) is 4.79 Å². The molecule has 1 amide bonds. The van der Waals surface area contributed by atoms with Gasteiger partial charge < -0.3 is 9.64 Å². The van der Waals surface area contributed by atoms with Crippen LogP contribution in [-0.4, -0.2) is 45.8 Å². The molecule has 0 aliphatic carbocycles. The van der Waals surface area contributed by atoms with E-state index in [-0.39, 0.29) is 18.6 Å². The number of aryl methyl sites for hydroxylation is 1. The molecule has 3 aromatic rings. The zero-order chi connectivity index (χ0) is 20.5. The molecule has 2 aromatic heterocycles. The monoisotopic (exact) mass is 431 g/mol. The van der Waals surface area contributed by atoms with Crippen molar-refractivity contribution in [1.82, 2.24) is 14.7 Å². The second-order valence-electron chi connectivity index (χ2n) is 7.31. The molecule has 0 saturated carbocycles. The second-order valence-corrected chi connectivity index (χ2v) is 8.78. The highest BCUT2D eigenvalue weighted by Gasteiger charge is 2.25. The number of nitrogens with zero attached hydrogens (tertiary/aromatic N) is 3. The Hall–Kier alpha value is -2.38. The van der Waals surface area contributed by atoms with Crippen LogP contribution >= 0.6 is 22.9 Å². The fourth-order valence-electron chi connectivity index (χ4n) is 3.68. The minimum atomic E-state index is -0.485. The van der Waals surface area contributed by atoms with E-state index in [0.717, 1.165) is 47.4 Å². The molecule has 1 aliphatic rings. The predicted molar refractivity (Wildman–Crippen MR) is 114 cm³/mol. The average molecular weight is 432 g/mol. The van der Waals surface area contributed by atoms with Gasteiger partial charge in [-0.05, 0) is 57.4 Å². The Morgan fingerprint density at radius 1 is 1.31 bits per heavy atom. The average Bonchev–Trinajstić information content (AvgIpc) is 3.27. The van der Waals surface area contributed by atoms with Crippen LogP contribution in [0.5, 0.6) is 0 Å². The number of fused-ring (bicyclic) bond motifs is 1. The molecular formula is C21H22ClN3O3S. The fraction of sp³-hybridized carbons (Fsp3) is 0.381. The minimum Gasteiger partial charge on any atom is -0.451 e. The second kappa shape index (κ2) is 8.16. The Bertz CT molecular complexity index is 1070. The van der Waals surface area contributed by atoms with E-state index in [1.54, 1.807) is 16.8 Å². The van der Waals surface area contributed by atoms with Crippen molar-refractivity contribution in [3.8, 4) is 5.69 Å². The van der Waals surface area contributed by atoms with E-state index in [9.17, 15) is 9.59 Å². The summed E-state index contributed by atoms with van der Waals surface area (Å²) in [5.41, 5.74) is 1.64. The summed E-state index contributed by atoms with van der Waals surface area (Å²) in [4.78, 5) is 28.1. The van der Waals surface area contributed by atoms with Gasteiger partial charge in [0.15, 0.2) is 6.61 Å². The summed E-state index contributed by atoms with van der Waals surface area (Å²) < 4.78 is 7.10. The molecule has 8 heteroatoms. The van der Waals surface area contributed by atoms with Crippen molar-refractivity contribution in [1.29, 1.82) is 0 Å². The highest BCUT2D eigenvalue weighted by Crippen LogP contribution is 2.31. The first-order chi connectivity index (χ1) is 13.9. The lowest BCUT2D eigenvalue weighted by atomic mass is 10.0. The SMILES string of the molecule is Cc1nn(-c2cccc(Cl)c2)c2sc(C(=O)OCC(=O)N3CCCCC3C)cc12. The largest absolute Gasteiger partial charge is 0.451 e. The number of benzene rings is 1. The molecule has 1 atom stereocenters. The Morgan fingerprint density at radius 3 is 2.90 bits per heavy atom. The lowest BCUT2D eigenvalue weighted by molar-refractivity contribution is -0.137. The van der Waals surface area contributed by atoms with Gasteiger partial charge in [-0.25, -0.2) is 9.48 Å². The molecule has 1 unspecified atom stereocenters. The quantitative estimate of drug-likeness (QED) is 0.566. The van der Waals surface area contributed by atoms with E-state index in [0.29, 0.717) is 9.90 Å². The smallest absolute Gasteiger partial charge is 0.348 e. The standard InChI is InChI=1S/C21H22ClN3O3S/c1-13-6-3-4-9-24(13)19(26)12-28-21(27)18-11-17-14(2)23-25(20(17)29-18)16-8-5-7-15(22)10-16/h5,7-8,10-11,13H,3-4,6,9,12H2,1-2H3. The highest BCUT2D eigenvalue weighted by atomic mass is 35.5. The van der Waals surface area contributed by atoms with Gasteiger partial charge in [-0.2, -0.15) is 5.10 Å². The van der Waals surface area contributed by atoms with Crippen LogP contribution in [0, 0.1) is 6.92 Å². The number of carbonyl (C=O) groups is 2. The molecular weight excluding hydrogens is 410 g/mol. The van der Waals surface area contributed by atoms with Crippen molar-refractivity contribution >= 4 is 45.0 Å². The van der Waals surface area contributed by atoms with Gasteiger partial charge in [-0.1, -0.05) is 17.7 Å². The van der Waals surface area contributed by atoms with Gasteiger partial charge in [0, 0.05) is 23.0 Å². The minimum absolute atomic E-state index is 0.132. The van der Waals surface area contributed by atoms with Gasteiger partial charge in [0.05, 0.1) is 11.4 Å². The van der Waals surface area contributed by atoms with Crippen molar-refractivity contribution in [2.75, 3.05) is 13.2 Å². The number of hydrogen-bond acceptors (Lipinski definition) is 5. The summed E-state index contributed by atoms with van der Waals surface area (Å²) in [7, 11) is 0. The maximum Gasteiger partial charge on any atom is 0.348 e. The van der Waals surface area contributed by atoms with Gasteiger partial charge in [0.25, 0.3) is 5.91 Å². The van der Waals surface area contributed by atoms with Crippen LogP contribution in [0.2, 0.25) is 5.02 Å². The number of ether oxygens (including phenoxy) is 1. The molecule has 0 N–H and O–H groups in total. The van der Waals surface area contributed by atoms with Crippen molar-refractivity contribution in [3.05, 3.63) is 45.9 Å². The third-order valence-corrected chi connectivity index (χ3v) is 6.57. The van der Waals surface area contributed by atoms with Crippen molar-refractivity contribution in [3.63, 3.8) is 0 Å². The number of likely N-dealkylation sites (tertiary alicyclic amines) is 1. The molecule has 1 fully saturated rings. The van der Waals surface area contributed by atoms with Crippen LogP contribution in [0.15, 0.2) is 30.3 Å². The number of amides is 1. The third kappa shape index (κ3) is 4.02. The Morgan fingerprint density at radius 2 is 2.14 bits per heavy atom. The van der Waals surface area contributed by atoms with Crippen LogP contribution in [0.1, 0.15) is 41.6 Å². The van der Waals surface area contributed by atoms with E-state index < -0.39 is 5.97 Å². The number of piperidine rings is 1. The fourth-order valence-corrected chi connectivity index (χ4v) is 4.94. The number of hydrogen-bond donors (Lipinski definition) is 0. The lowest BCUT2D eigenvalue weighted by Crippen LogP contribution is -2.44. The van der Waals surface area contributed by atoms with Crippen LogP contribution in [-0.2, 0) is 9.53 Å². The lowest BCUT2D eigenvalue weighted by Gasteiger charge is -2.33. The molecule has 0 radical (unpaired) electrons. The van der Waals surface area contributed by atoms with Gasteiger partial charge in [0.2, 0.25) is 0 Å². The van der Waals surface area contributed by atoms with E-state index in [1.165, 1.54) is 11.3 Å². The molecule has 6 nitrogen and oxygen atoms in total. The van der Waals surface area contributed by atoms with Crippen LogP contribution in [0.25, 0.3) is 15.9 Å². The van der Waals surface area contributed by atoms with E-state index in [1.807, 2.05) is 36.9 Å². The topological polar surface area (TPSA) is 64.4 Å². The number of esters is 1. The van der Waals surface area contributed by atoms with E-state index in [4.69, 9.17) is 16.3 Å². The summed E-state index contributed by atoms with van der Waals surface area (Å²) in [6.45, 7) is 4.44. The summed E-state index contributed by atoms with van der Waals surface area (Å²) >= 11 is 7.41. The summed E-state index contributed by atoms with van der Waals surface area (Å²) in [6, 6.07) is 9.37. The number of thiophene rings is 1. The summed E-state index contributed by atoms with van der Waals surface area (Å²) in [5.74, 6) is -0.616. The molecule has 0 bridgehead atoms. The molecule has 1 aromatic carbocycles. The summed E-state index contributed by atoms with van der Waals surface area (Å²) in [6.07, 6.45) is 3.13. The molecule has 1 aliphatic heterocycles. The van der Waals surface area contributed by atoms with Crippen LogP contribution in [0.4, 0.5) is 0 Å². The zero-order valence-corrected chi connectivity index (χ0v) is 17.9. The first kappa shape index (κ1) is 19.9. The van der Waals surface area contributed by atoms with Crippen molar-refractivity contribution in [2.45, 2.75) is 39.2 Å². The number of rotatable bonds is 4. The van der Waals surface area contributed by atoms with E-state index >= 15 is 0 Å². The molecule has 3 heterocycles. The van der Waals surface area contributed by atoms with E-state index in [2.05, 4.69) is 5.10 Å². The molecule has 4 rings (SSSR count). The Labute approximate surface area is 178 Å². The maximum atomic E-state index is 12.6. The molecule has 29 heavy (non-hydrogen) atoms. The van der Waals surface area contributed by atoms with Crippen LogP contribution < -0.4 is 0 Å². The van der Waals surface area contributed by atoms with Crippen molar-refractivity contribution < 1.29 is 14.3 Å². The predicted octanol–water partition coefficient (Wildman–Crippen LogP) is 4.61. The van der Waals surface area contributed by atoms with Crippen LogP contribution in [0.3, 0.4) is 0 Å². The normalized spacial score (nSPS) is 16.9. The number of carbonyl (C=O) groups excluding carboxylic acids is 2. The third-order valence-electron chi connectivity index (χ3n) is 5.25. The van der Waals surface area contributed by atoms with Gasteiger partial charge >= 0.3 is 5.97 Å². The molecule has 0 spiro atoms. The molecule has 152 valence electrons. The Balaban J connectivity index is 1.51. The molecule has 1 saturated heterocycles. The summed E-state index contributed by atoms with van der Waals surface area (Å²) in [5, 5.41) is 6.06. The highest BCUT2D eigenvalue weighted by molar-refractivity contribution is 7.20. The first-order valence-corrected chi connectivity index (χ1v) is 10.8. The maximum absolute atomic E-state index is 12.6. The van der Waals surface area contributed by atoms with Crippen molar-refractivity contribution in [2.24, 2.45) is 0 Å². The van der Waals surface area contributed by atoms with Gasteiger partial charge in [0.1, 0.15) is 9.71 Å². The zero-order valence-electron chi connectivity index (χ0n) is 16.4. The Kier molecular flexibility index (Phi) is 5.61. The first-order valence-electron chi connectivity index (χ1n) is 9.66. The number of aromatic nitrogens is 2. The van der Waals surface area contributed by atoms with Gasteiger partial charge in [-0.15, -0.1) is 11.3 Å². The number of halogens is 1.